The van der Waals surface area contributed by atoms with Gasteiger partial charge >= 0.3 is 0 Å². The topological polar surface area (TPSA) is 140 Å². The van der Waals surface area contributed by atoms with E-state index in [4.69, 9.17) is 10.5 Å². The minimum Gasteiger partial charge on any atom is -0.491 e. The fourth-order valence-corrected chi connectivity index (χ4v) is 3.23. The molecule has 170 valence electrons. The van der Waals surface area contributed by atoms with Crippen molar-refractivity contribution in [3.05, 3.63) is 75.1 Å². The molecule has 2 aromatic rings. The minimum absolute atomic E-state index is 0.0459. The lowest BCUT2D eigenvalue weighted by Crippen LogP contribution is -2.28. The Balaban J connectivity index is 1.29. The standard InChI is InChI=1S/C21H26N6O5/c22-20-8-7-19(27(30)31)15-21(20)32-14-2-11-25-13-12-24(16-25)10-1-9-23-17-3-5-18(6-4-17)26(28)29/h3-8,12-13,15,23H,1-2,9-11,14,16,22H2. The fraction of sp³-hybridized carbons (Fsp3) is 0.333. The molecule has 0 spiro atoms. The van der Waals surface area contributed by atoms with Crippen LogP contribution in [0.25, 0.3) is 0 Å². The van der Waals surface area contributed by atoms with E-state index in [0.717, 1.165) is 44.8 Å². The van der Waals surface area contributed by atoms with Crippen LogP contribution in [0.2, 0.25) is 0 Å². The molecule has 0 saturated heterocycles. The van der Waals surface area contributed by atoms with E-state index in [1.54, 1.807) is 12.1 Å². The lowest BCUT2D eigenvalue weighted by atomic mass is 10.2. The second kappa shape index (κ2) is 10.8. The number of anilines is 2. The summed E-state index contributed by atoms with van der Waals surface area (Å²) in [4.78, 5) is 25.0. The monoisotopic (exact) mass is 442 g/mol. The summed E-state index contributed by atoms with van der Waals surface area (Å²) >= 11 is 0. The largest absolute Gasteiger partial charge is 0.491 e. The molecule has 0 saturated carbocycles. The highest BCUT2D eigenvalue weighted by molar-refractivity contribution is 5.57. The number of benzene rings is 2. The molecule has 0 radical (unpaired) electrons. The summed E-state index contributed by atoms with van der Waals surface area (Å²) in [7, 11) is 0. The highest BCUT2D eigenvalue weighted by Gasteiger charge is 2.13. The van der Waals surface area contributed by atoms with Crippen LogP contribution in [-0.2, 0) is 0 Å². The number of nitrogen functional groups attached to an aromatic ring is 1. The van der Waals surface area contributed by atoms with Crippen molar-refractivity contribution in [3.8, 4) is 5.75 Å². The second-order valence-corrected chi connectivity index (χ2v) is 7.33. The molecule has 0 atom stereocenters. The van der Waals surface area contributed by atoms with E-state index < -0.39 is 9.85 Å². The Hall–Kier alpha value is -4.02. The van der Waals surface area contributed by atoms with Crippen LogP contribution in [0.5, 0.6) is 5.75 Å². The zero-order valence-corrected chi connectivity index (χ0v) is 17.6. The predicted molar refractivity (Wildman–Crippen MR) is 121 cm³/mol. The number of rotatable bonds is 12. The van der Waals surface area contributed by atoms with Crippen LogP contribution in [0.1, 0.15) is 12.8 Å². The van der Waals surface area contributed by atoms with Crippen LogP contribution in [-0.4, -0.2) is 52.6 Å². The number of non-ortho nitro benzene ring substituents is 2. The summed E-state index contributed by atoms with van der Waals surface area (Å²) in [5, 5.41) is 24.8. The molecule has 0 aliphatic carbocycles. The van der Waals surface area contributed by atoms with Gasteiger partial charge in [-0.2, -0.15) is 0 Å². The molecular weight excluding hydrogens is 416 g/mol. The second-order valence-electron chi connectivity index (χ2n) is 7.33. The van der Waals surface area contributed by atoms with Gasteiger partial charge in [-0.1, -0.05) is 0 Å². The normalized spacial score (nSPS) is 12.8. The molecule has 3 N–H and O–H groups in total. The Labute approximate surface area is 185 Å². The van der Waals surface area contributed by atoms with Crippen LogP contribution < -0.4 is 15.8 Å². The van der Waals surface area contributed by atoms with E-state index in [0.29, 0.717) is 18.0 Å². The van der Waals surface area contributed by atoms with Crippen molar-refractivity contribution in [2.24, 2.45) is 0 Å². The third-order valence-electron chi connectivity index (χ3n) is 4.94. The van der Waals surface area contributed by atoms with Crippen molar-refractivity contribution < 1.29 is 14.6 Å². The zero-order chi connectivity index (χ0) is 22.9. The first kappa shape index (κ1) is 22.7. The van der Waals surface area contributed by atoms with Crippen molar-refractivity contribution in [3.63, 3.8) is 0 Å². The van der Waals surface area contributed by atoms with E-state index in [-0.39, 0.29) is 11.4 Å². The Kier molecular flexibility index (Phi) is 7.68. The molecule has 2 aromatic carbocycles. The fourth-order valence-electron chi connectivity index (χ4n) is 3.23. The molecule has 32 heavy (non-hydrogen) atoms. The molecule has 1 aliphatic rings. The average molecular weight is 442 g/mol. The van der Waals surface area contributed by atoms with Gasteiger partial charge in [0.25, 0.3) is 11.4 Å². The Bertz CT molecular complexity index is 966. The highest BCUT2D eigenvalue weighted by atomic mass is 16.6. The van der Waals surface area contributed by atoms with Gasteiger partial charge in [-0.05, 0) is 31.0 Å². The SMILES string of the molecule is Nc1ccc([N+](=O)[O-])cc1OCCCN1C=CN(CCCNc2ccc([N+](=O)[O-])cc2)C1. The molecule has 3 rings (SSSR count). The van der Waals surface area contributed by atoms with Crippen molar-refractivity contribution in [1.29, 1.82) is 0 Å². The number of nitrogens with zero attached hydrogens (tertiary/aromatic N) is 4. The van der Waals surface area contributed by atoms with Gasteiger partial charge in [0.15, 0.2) is 0 Å². The van der Waals surface area contributed by atoms with E-state index in [1.807, 2.05) is 12.4 Å². The smallest absolute Gasteiger partial charge is 0.273 e. The average Bonchev–Trinajstić information content (AvgIpc) is 3.23. The zero-order valence-electron chi connectivity index (χ0n) is 17.6. The number of hydrogen-bond donors (Lipinski definition) is 2. The molecule has 0 amide bonds. The van der Waals surface area contributed by atoms with Gasteiger partial charge in [0, 0.05) is 55.9 Å². The Morgan fingerprint density at radius 3 is 2.22 bits per heavy atom. The summed E-state index contributed by atoms with van der Waals surface area (Å²) in [6, 6.07) is 10.6. The Morgan fingerprint density at radius 2 is 1.56 bits per heavy atom. The first-order valence-corrected chi connectivity index (χ1v) is 10.2. The molecule has 1 aliphatic heterocycles. The number of ether oxygens (including phenoxy) is 1. The third kappa shape index (κ3) is 6.49. The summed E-state index contributed by atoms with van der Waals surface area (Å²) in [5.41, 5.74) is 7.09. The van der Waals surface area contributed by atoms with Crippen molar-refractivity contribution in [1.82, 2.24) is 9.80 Å². The predicted octanol–water partition coefficient (Wildman–Crippen LogP) is 3.40. The first-order chi connectivity index (χ1) is 15.4. The number of nitrogens with two attached hydrogens (primary N) is 1. The molecular formula is C21H26N6O5. The van der Waals surface area contributed by atoms with Crippen molar-refractivity contribution in [2.75, 3.05) is 44.0 Å². The van der Waals surface area contributed by atoms with Crippen LogP contribution >= 0.6 is 0 Å². The van der Waals surface area contributed by atoms with Gasteiger partial charge in [0.05, 0.1) is 34.9 Å². The van der Waals surface area contributed by atoms with E-state index in [9.17, 15) is 20.2 Å². The van der Waals surface area contributed by atoms with Crippen LogP contribution in [0.4, 0.5) is 22.7 Å². The van der Waals surface area contributed by atoms with Gasteiger partial charge in [-0.15, -0.1) is 0 Å². The maximum absolute atomic E-state index is 10.9. The number of hydrogen-bond acceptors (Lipinski definition) is 9. The molecule has 11 nitrogen and oxygen atoms in total. The van der Waals surface area contributed by atoms with Gasteiger partial charge in [-0.25, -0.2) is 0 Å². The van der Waals surface area contributed by atoms with Crippen LogP contribution in [0.15, 0.2) is 54.9 Å². The lowest BCUT2D eigenvalue weighted by Gasteiger charge is -2.21. The van der Waals surface area contributed by atoms with Gasteiger partial charge < -0.3 is 25.6 Å². The van der Waals surface area contributed by atoms with Crippen LogP contribution in [0, 0.1) is 20.2 Å². The van der Waals surface area contributed by atoms with Crippen molar-refractivity contribution in [2.45, 2.75) is 12.8 Å². The van der Waals surface area contributed by atoms with E-state index in [1.165, 1.54) is 30.3 Å². The van der Waals surface area contributed by atoms with Gasteiger partial charge in [0.2, 0.25) is 0 Å². The lowest BCUT2D eigenvalue weighted by molar-refractivity contribution is -0.385. The third-order valence-corrected chi connectivity index (χ3v) is 4.94. The molecule has 0 bridgehead atoms. The Morgan fingerprint density at radius 1 is 0.938 bits per heavy atom. The molecule has 0 unspecified atom stereocenters. The number of nitrogens with one attached hydrogen (secondary N) is 1. The first-order valence-electron chi connectivity index (χ1n) is 10.2. The molecule has 0 aromatic heterocycles. The molecule has 1 heterocycles. The maximum Gasteiger partial charge on any atom is 0.273 e. The minimum atomic E-state index is -0.475. The summed E-state index contributed by atoms with van der Waals surface area (Å²) < 4.78 is 5.62. The van der Waals surface area contributed by atoms with E-state index in [2.05, 4.69) is 15.1 Å². The maximum atomic E-state index is 10.9. The van der Waals surface area contributed by atoms with Crippen molar-refractivity contribution >= 4 is 22.7 Å². The van der Waals surface area contributed by atoms with Crippen LogP contribution in [0.3, 0.4) is 0 Å². The van der Waals surface area contributed by atoms with Gasteiger partial charge in [-0.3, -0.25) is 20.2 Å². The quantitative estimate of drug-likeness (QED) is 0.219. The summed E-state index contributed by atoms with van der Waals surface area (Å²) in [6.45, 7) is 3.64. The summed E-state index contributed by atoms with van der Waals surface area (Å²) in [6.07, 6.45) is 5.75. The molecule has 0 fully saturated rings. The molecule has 11 heteroatoms. The number of nitro groups is 2. The summed E-state index contributed by atoms with van der Waals surface area (Å²) in [5.74, 6) is 0.332. The van der Waals surface area contributed by atoms with Gasteiger partial charge in [0.1, 0.15) is 5.75 Å². The number of nitro benzene ring substituents is 2. The van der Waals surface area contributed by atoms with E-state index >= 15 is 0 Å². The highest BCUT2D eigenvalue weighted by Crippen LogP contribution is 2.26.